The van der Waals surface area contributed by atoms with Gasteiger partial charge in [-0.1, -0.05) is 44.2 Å². The van der Waals surface area contributed by atoms with Gasteiger partial charge in [-0.3, -0.25) is 4.79 Å². The molecule has 0 saturated carbocycles. The van der Waals surface area contributed by atoms with Crippen LogP contribution in [-0.4, -0.2) is 5.97 Å². The van der Waals surface area contributed by atoms with E-state index in [1.807, 2.05) is 65.0 Å². The third kappa shape index (κ3) is 5.46. The van der Waals surface area contributed by atoms with Crippen LogP contribution in [0.3, 0.4) is 0 Å². The Labute approximate surface area is 127 Å². The third-order valence-electron chi connectivity index (χ3n) is 3.05. The molecule has 1 atom stereocenters. The van der Waals surface area contributed by atoms with E-state index in [-0.39, 0.29) is 18.0 Å². The number of rotatable bonds is 6. The second kappa shape index (κ2) is 8.30. The van der Waals surface area contributed by atoms with Crippen LogP contribution in [0.4, 0.5) is 0 Å². The molecule has 3 nitrogen and oxygen atoms in total. The minimum atomic E-state index is -0.244. The molecule has 1 aromatic rings. The molecular weight excluding hydrogens is 264 g/mol. The number of allylic oxidation sites excluding steroid dienone is 2. The molecule has 0 radical (unpaired) electrons. The topological polar surface area (TPSA) is 35.5 Å². The predicted octanol–water partition coefficient (Wildman–Crippen LogP) is 4.77. The van der Waals surface area contributed by atoms with Crippen LogP contribution >= 0.6 is 0 Å². The van der Waals surface area contributed by atoms with Crippen LogP contribution in [0.5, 0.6) is 0 Å². The van der Waals surface area contributed by atoms with Crippen molar-refractivity contribution in [3.05, 3.63) is 59.6 Å². The first-order valence-electron chi connectivity index (χ1n) is 7.21. The quantitative estimate of drug-likeness (QED) is 0.429. The minimum Gasteiger partial charge on any atom is -0.493 e. The van der Waals surface area contributed by atoms with Gasteiger partial charge in [-0.2, -0.15) is 0 Å². The summed E-state index contributed by atoms with van der Waals surface area (Å²) in [6.45, 7) is 9.29. The van der Waals surface area contributed by atoms with Crippen molar-refractivity contribution in [1.82, 2.24) is 0 Å². The molecule has 0 aliphatic rings. The number of hydrogen-bond acceptors (Lipinski definition) is 3. The van der Waals surface area contributed by atoms with E-state index in [1.165, 1.54) is 0 Å². The second-order valence-electron chi connectivity index (χ2n) is 5.22. The average Bonchev–Trinajstić information content (AvgIpc) is 2.50. The van der Waals surface area contributed by atoms with Gasteiger partial charge in [0, 0.05) is 5.57 Å². The first-order valence-corrected chi connectivity index (χ1v) is 7.21. The predicted molar refractivity (Wildman–Crippen MR) is 84.4 cm³/mol. The lowest BCUT2D eigenvalue weighted by Gasteiger charge is -2.14. The number of carbonyl (C=O) groups excluding carboxylic acids is 1. The number of benzene rings is 1. The molecule has 1 rings (SSSR count). The molecule has 0 heterocycles. The van der Waals surface area contributed by atoms with Crippen LogP contribution in [0.25, 0.3) is 0 Å². The van der Waals surface area contributed by atoms with Gasteiger partial charge < -0.3 is 9.47 Å². The number of ether oxygens (including phenoxy) is 2. The van der Waals surface area contributed by atoms with Crippen LogP contribution in [0, 0.1) is 5.92 Å². The second-order valence-corrected chi connectivity index (χ2v) is 5.22. The van der Waals surface area contributed by atoms with Gasteiger partial charge in [0.15, 0.2) is 0 Å². The van der Waals surface area contributed by atoms with Crippen LogP contribution in [0.1, 0.15) is 46.3 Å². The van der Waals surface area contributed by atoms with E-state index >= 15 is 0 Å². The molecule has 0 fully saturated rings. The van der Waals surface area contributed by atoms with Crippen LogP contribution < -0.4 is 0 Å². The number of hydrogen-bond donors (Lipinski definition) is 0. The summed E-state index contributed by atoms with van der Waals surface area (Å²) in [7, 11) is 0. The lowest BCUT2D eigenvalue weighted by Crippen LogP contribution is -2.12. The molecule has 0 aliphatic heterocycles. The molecule has 3 heteroatoms. The lowest BCUT2D eigenvalue weighted by molar-refractivity contribution is -0.142. The monoisotopic (exact) mass is 288 g/mol. The third-order valence-corrected chi connectivity index (χ3v) is 3.05. The molecule has 0 amide bonds. The molecule has 0 N–H and O–H groups in total. The highest BCUT2D eigenvalue weighted by Crippen LogP contribution is 2.19. The summed E-state index contributed by atoms with van der Waals surface area (Å²) in [5, 5.41) is 0. The molecule has 0 aromatic heterocycles. The largest absolute Gasteiger partial charge is 0.493 e. The molecule has 0 unspecified atom stereocenters. The van der Waals surface area contributed by atoms with Crippen molar-refractivity contribution in [2.24, 2.45) is 5.92 Å². The number of esters is 1. The Hall–Kier alpha value is -2.03. The number of carbonyl (C=O) groups is 1. The smallest absolute Gasteiger partial charge is 0.313 e. The maximum Gasteiger partial charge on any atom is 0.313 e. The molecule has 1 aromatic carbocycles. The van der Waals surface area contributed by atoms with E-state index in [0.29, 0.717) is 5.76 Å². The van der Waals surface area contributed by atoms with E-state index < -0.39 is 0 Å². The van der Waals surface area contributed by atoms with Gasteiger partial charge in [0.1, 0.15) is 11.9 Å². The van der Waals surface area contributed by atoms with E-state index in [0.717, 1.165) is 11.1 Å². The Morgan fingerprint density at radius 2 is 1.76 bits per heavy atom. The zero-order valence-corrected chi connectivity index (χ0v) is 13.4. The summed E-state index contributed by atoms with van der Waals surface area (Å²) in [5.41, 5.74) is 1.89. The zero-order chi connectivity index (χ0) is 15.8. The fourth-order valence-electron chi connectivity index (χ4n) is 1.66. The van der Waals surface area contributed by atoms with Crippen molar-refractivity contribution in [1.29, 1.82) is 0 Å². The Morgan fingerprint density at radius 1 is 1.14 bits per heavy atom. The molecule has 21 heavy (non-hydrogen) atoms. The van der Waals surface area contributed by atoms with E-state index in [1.54, 1.807) is 12.3 Å². The highest BCUT2D eigenvalue weighted by atomic mass is 16.5. The van der Waals surface area contributed by atoms with Crippen molar-refractivity contribution in [2.75, 3.05) is 0 Å². The Bertz CT molecular complexity index is 513. The highest BCUT2D eigenvalue weighted by Gasteiger charge is 2.13. The van der Waals surface area contributed by atoms with Gasteiger partial charge in [-0.15, -0.1) is 0 Å². The lowest BCUT2D eigenvalue weighted by atomic mass is 10.1. The van der Waals surface area contributed by atoms with E-state index in [4.69, 9.17) is 9.47 Å². The van der Waals surface area contributed by atoms with Crippen molar-refractivity contribution >= 4 is 5.97 Å². The highest BCUT2D eigenvalue weighted by molar-refractivity contribution is 5.73. The summed E-state index contributed by atoms with van der Waals surface area (Å²) in [6, 6.07) is 9.97. The molecule has 114 valence electrons. The van der Waals surface area contributed by atoms with Crippen molar-refractivity contribution in [3.8, 4) is 0 Å². The van der Waals surface area contributed by atoms with Crippen LogP contribution in [0.15, 0.2) is 54.0 Å². The Balaban J connectivity index is 2.68. The summed E-state index contributed by atoms with van der Waals surface area (Å²) >= 11 is 0. The summed E-state index contributed by atoms with van der Waals surface area (Å²) < 4.78 is 11.1. The molecule has 0 bridgehead atoms. The van der Waals surface area contributed by atoms with Crippen molar-refractivity contribution in [2.45, 2.75) is 40.7 Å². The molecule has 0 aliphatic carbocycles. The maximum absolute atomic E-state index is 11.6. The minimum absolute atomic E-state index is 0.0555. The van der Waals surface area contributed by atoms with Gasteiger partial charge in [-0.25, -0.2) is 0 Å². The van der Waals surface area contributed by atoms with Gasteiger partial charge in [-0.05, 0) is 32.4 Å². The zero-order valence-electron chi connectivity index (χ0n) is 13.4. The normalized spacial score (nSPS) is 14.0. The molecule has 0 saturated heterocycles. The molecule has 0 spiro atoms. The summed E-state index contributed by atoms with van der Waals surface area (Å²) in [6.07, 6.45) is 3.35. The van der Waals surface area contributed by atoms with Gasteiger partial charge >= 0.3 is 5.97 Å². The SMILES string of the molecule is C/C=C(OC(=O)C(C)C)\C(C)=C\O[C@@H](C)c1ccccc1. The standard InChI is InChI=1S/C18H24O3/c1-6-17(21-18(19)13(2)3)14(4)12-20-15(5)16-10-8-7-9-11-16/h6-13,15H,1-5H3/b14-12+,17-6+/t15-/m0/s1. The van der Waals surface area contributed by atoms with Gasteiger partial charge in [0.2, 0.25) is 0 Å². The first-order chi connectivity index (χ1) is 9.95. The van der Waals surface area contributed by atoms with E-state index in [9.17, 15) is 4.79 Å². The maximum atomic E-state index is 11.6. The first kappa shape index (κ1) is 17.0. The summed E-state index contributed by atoms with van der Waals surface area (Å²) in [5.74, 6) is 0.137. The van der Waals surface area contributed by atoms with Crippen LogP contribution in [-0.2, 0) is 14.3 Å². The van der Waals surface area contributed by atoms with Crippen molar-refractivity contribution in [3.63, 3.8) is 0 Å². The van der Waals surface area contributed by atoms with Crippen LogP contribution in [0.2, 0.25) is 0 Å². The summed E-state index contributed by atoms with van der Waals surface area (Å²) in [4.78, 5) is 11.6. The van der Waals surface area contributed by atoms with Crippen molar-refractivity contribution < 1.29 is 14.3 Å². The fourth-order valence-corrected chi connectivity index (χ4v) is 1.66. The van der Waals surface area contributed by atoms with Gasteiger partial charge in [0.05, 0.1) is 12.2 Å². The Morgan fingerprint density at radius 3 is 2.29 bits per heavy atom. The Kier molecular flexibility index (Phi) is 6.73. The van der Waals surface area contributed by atoms with Gasteiger partial charge in [0.25, 0.3) is 0 Å². The fraction of sp³-hybridized carbons (Fsp3) is 0.389. The average molecular weight is 288 g/mol. The van der Waals surface area contributed by atoms with E-state index in [2.05, 4.69) is 0 Å². The molecular formula is C18H24O3.